The Balaban J connectivity index is 1.90. The van der Waals surface area contributed by atoms with Gasteiger partial charge in [-0.25, -0.2) is 13.1 Å². The van der Waals surface area contributed by atoms with E-state index >= 15 is 0 Å². The third-order valence-electron chi connectivity index (χ3n) is 3.71. The van der Waals surface area contributed by atoms with Crippen molar-refractivity contribution in [1.82, 2.24) is 9.78 Å². The average Bonchev–Trinajstić information content (AvgIpc) is 2.99. The molecule has 1 heterocycles. The fraction of sp³-hybridized carbons (Fsp3) is 0.111. The number of aryl methyl sites for hydroxylation is 1. The molecule has 0 saturated heterocycles. The number of carbonyl (C=O) groups excluding carboxylic acids is 1. The van der Waals surface area contributed by atoms with Gasteiger partial charge in [0.1, 0.15) is 4.90 Å². The van der Waals surface area contributed by atoms with Gasteiger partial charge in [-0.1, -0.05) is 18.2 Å². The van der Waals surface area contributed by atoms with Gasteiger partial charge in [0.2, 0.25) is 0 Å². The van der Waals surface area contributed by atoms with Gasteiger partial charge in [0, 0.05) is 11.3 Å². The van der Waals surface area contributed by atoms with Crippen LogP contribution in [-0.4, -0.2) is 24.0 Å². The maximum Gasteiger partial charge on any atom is 0.265 e. The zero-order valence-electron chi connectivity index (χ0n) is 13.8. The summed E-state index contributed by atoms with van der Waals surface area (Å²) in [6.45, 7) is 3.10. The number of anilines is 1. The van der Waals surface area contributed by atoms with Crippen molar-refractivity contribution in [3.05, 3.63) is 72.1 Å². The van der Waals surface area contributed by atoms with E-state index in [2.05, 4.69) is 9.82 Å². The predicted octanol–water partition coefficient (Wildman–Crippen LogP) is 3.18. The number of nitrogens with zero attached hydrogens (tertiary/aromatic N) is 2. The zero-order valence-corrected chi connectivity index (χ0v) is 14.6. The second kappa shape index (κ2) is 6.52. The van der Waals surface area contributed by atoms with Gasteiger partial charge in [-0.2, -0.15) is 5.10 Å². The Bertz CT molecular complexity index is 1010. The van der Waals surface area contributed by atoms with Crippen molar-refractivity contribution in [3.8, 4) is 5.69 Å². The highest BCUT2D eigenvalue weighted by Crippen LogP contribution is 2.20. The van der Waals surface area contributed by atoms with Crippen molar-refractivity contribution in [2.75, 3.05) is 4.72 Å². The van der Waals surface area contributed by atoms with Crippen LogP contribution in [0, 0.1) is 6.92 Å². The predicted molar refractivity (Wildman–Crippen MR) is 95.6 cm³/mol. The van der Waals surface area contributed by atoms with E-state index in [-0.39, 0.29) is 10.7 Å². The molecular weight excluding hydrogens is 338 g/mol. The normalized spacial score (nSPS) is 11.3. The van der Waals surface area contributed by atoms with Crippen molar-refractivity contribution in [2.45, 2.75) is 18.7 Å². The first-order valence-electron chi connectivity index (χ1n) is 7.62. The molecule has 2 aromatic carbocycles. The smallest absolute Gasteiger partial charge is 0.265 e. The minimum Gasteiger partial charge on any atom is -0.295 e. The van der Waals surface area contributed by atoms with Gasteiger partial charge in [-0.05, 0) is 50.2 Å². The van der Waals surface area contributed by atoms with E-state index in [1.165, 1.54) is 17.8 Å². The lowest BCUT2D eigenvalue weighted by molar-refractivity contribution is 0.101. The van der Waals surface area contributed by atoms with E-state index in [4.69, 9.17) is 0 Å². The van der Waals surface area contributed by atoms with Gasteiger partial charge >= 0.3 is 0 Å². The fourth-order valence-corrected chi connectivity index (χ4v) is 3.63. The Kier molecular flexibility index (Phi) is 4.41. The fourth-order valence-electron chi connectivity index (χ4n) is 2.40. The maximum atomic E-state index is 12.7. The number of benzene rings is 2. The number of hydrogen-bond acceptors (Lipinski definition) is 4. The molecule has 3 rings (SSSR count). The highest BCUT2D eigenvalue weighted by atomic mass is 32.2. The molecule has 0 atom stereocenters. The van der Waals surface area contributed by atoms with E-state index in [1.807, 2.05) is 30.3 Å². The Morgan fingerprint density at radius 2 is 1.68 bits per heavy atom. The molecule has 25 heavy (non-hydrogen) atoms. The molecule has 0 radical (unpaired) electrons. The Hall–Kier alpha value is -2.93. The molecule has 7 heteroatoms. The van der Waals surface area contributed by atoms with Crippen LogP contribution in [0.3, 0.4) is 0 Å². The van der Waals surface area contributed by atoms with Crippen LogP contribution in [0.25, 0.3) is 5.69 Å². The second-order valence-corrected chi connectivity index (χ2v) is 7.25. The molecule has 0 aliphatic carbocycles. The first kappa shape index (κ1) is 16.9. The number of hydrogen-bond donors (Lipinski definition) is 1. The zero-order chi connectivity index (χ0) is 18.0. The molecule has 0 aliphatic rings. The summed E-state index contributed by atoms with van der Waals surface area (Å²) in [5.41, 5.74) is 2.09. The molecule has 128 valence electrons. The third-order valence-corrected chi connectivity index (χ3v) is 5.19. The third kappa shape index (κ3) is 3.61. The summed E-state index contributed by atoms with van der Waals surface area (Å²) in [6.07, 6.45) is 1.48. The minimum atomic E-state index is -3.78. The Morgan fingerprint density at radius 1 is 1.04 bits per heavy atom. The number of sulfonamides is 1. The standard InChI is InChI=1S/C18H17N3O3S/c1-13-18(12-21(19-13)17-6-4-3-5-7-17)25(23,24)20-16-10-8-15(9-11-16)14(2)22/h3-12,20H,1-2H3. The minimum absolute atomic E-state index is 0.0746. The second-order valence-electron chi connectivity index (χ2n) is 5.60. The average molecular weight is 355 g/mol. The molecule has 3 aromatic rings. The van der Waals surface area contributed by atoms with Crippen molar-refractivity contribution >= 4 is 21.5 Å². The van der Waals surface area contributed by atoms with Gasteiger partial charge < -0.3 is 0 Å². The number of para-hydroxylation sites is 1. The summed E-state index contributed by atoms with van der Waals surface area (Å²) in [5.74, 6) is -0.0746. The molecule has 0 bridgehead atoms. The highest BCUT2D eigenvalue weighted by molar-refractivity contribution is 7.92. The lowest BCUT2D eigenvalue weighted by Crippen LogP contribution is -2.13. The summed E-state index contributed by atoms with van der Waals surface area (Å²) >= 11 is 0. The van der Waals surface area contributed by atoms with Crippen LogP contribution in [0.5, 0.6) is 0 Å². The SMILES string of the molecule is CC(=O)c1ccc(NS(=O)(=O)c2cn(-c3ccccc3)nc2C)cc1. The van der Waals surface area contributed by atoms with Gasteiger partial charge in [-0.15, -0.1) is 0 Å². The van der Waals surface area contributed by atoms with Crippen LogP contribution in [-0.2, 0) is 10.0 Å². The van der Waals surface area contributed by atoms with Crippen molar-refractivity contribution < 1.29 is 13.2 Å². The van der Waals surface area contributed by atoms with Crippen LogP contribution in [0.2, 0.25) is 0 Å². The summed E-state index contributed by atoms with van der Waals surface area (Å²) in [6, 6.07) is 15.6. The first-order valence-corrected chi connectivity index (χ1v) is 9.11. The number of ketones is 1. The van der Waals surface area contributed by atoms with E-state index in [9.17, 15) is 13.2 Å². The van der Waals surface area contributed by atoms with E-state index in [0.29, 0.717) is 16.9 Å². The summed E-state index contributed by atoms with van der Waals surface area (Å²) in [5, 5.41) is 4.28. The summed E-state index contributed by atoms with van der Waals surface area (Å²) < 4.78 is 29.4. The molecule has 0 saturated carbocycles. The molecule has 0 aliphatic heterocycles. The van der Waals surface area contributed by atoms with Crippen LogP contribution < -0.4 is 4.72 Å². The van der Waals surface area contributed by atoms with Crippen molar-refractivity contribution in [3.63, 3.8) is 0 Å². The lowest BCUT2D eigenvalue weighted by atomic mass is 10.1. The number of nitrogens with one attached hydrogen (secondary N) is 1. The molecule has 1 aromatic heterocycles. The van der Waals surface area contributed by atoms with Gasteiger partial charge in [0.05, 0.1) is 17.6 Å². The molecule has 0 amide bonds. The van der Waals surface area contributed by atoms with E-state index in [0.717, 1.165) is 5.69 Å². The quantitative estimate of drug-likeness (QED) is 0.713. The van der Waals surface area contributed by atoms with E-state index in [1.54, 1.807) is 31.2 Å². The number of Topliss-reactive ketones (excluding diaryl/α,β-unsaturated/α-hetero) is 1. The Labute approximate surface area is 146 Å². The highest BCUT2D eigenvalue weighted by Gasteiger charge is 2.21. The van der Waals surface area contributed by atoms with Crippen LogP contribution in [0.1, 0.15) is 23.0 Å². The summed E-state index contributed by atoms with van der Waals surface area (Å²) in [4.78, 5) is 11.4. The Morgan fingerprint density at radius 3 is 2.28 bits per heavy atom. The molecule has 0 spiro atoms. The van der Waals surface area contributed by atoms with Gasteiger partial charge in [0.25, 0.3) is 10.0 Å². The monoisotopic (exact) mass is 355 g/mol. The van der Waals surface area contributed by atoms with Gasteiger partial charge in [-0.3, -0.25) is 9.52 Å². The van der Waals surface area contributed by atoms with E-state index < -0.39 is 10.0 Å². The van der Waals surface area contributed by atoms with Gasteiger partial charge in [0.15, 0.2) is 5.78 Å². The maximum absolute atomic E-state index is 12.7. The first-order chi connectivity index (χ1) is 11.9. The molecule has 0 unspecified atom stereocenters. The molecular formula is C18H17N3O3S. The number of aromatic nitrogens is 2. The van der Waals surface area contributed by atoms with Crippen LogP contribution in [0.4, 0.5) is 5.69 Å². The largest absolute Gasteiger partial charge is 0.295 e. The van der Waals surface area contributed by atoms with Crippen LogP contribution in [0.15, 0.2) is 65.7 Å². The lowest BCUT2D eigenvalue weighted by Gasteiger charge is -2.07. The molecule has 1 N–H and O–H groups in total. The number of carbonyl (C=O) groups is 1. The molecule has 6 nitrogen and oxygen atoms in total. The molecule has 0 fully saturated rings. The van der Waals surface area contributed by atoms with Crippen LogP contribution >= 0.6 is 0 Å². The van der Waals surface area contributed by atoms with Crippen molar-refractivity contribution in [1.29, 1.82) is 0 Å². The number of rotatable bonds is 5. The topological polar surface area (TPSA) is 81.1 Å². The summed E-state index contributed by atoms with van der Waals surface area (Å²) in [7, 11) is -3.78. The van der Waals surface area contributed by atoms with Crippen molar-refractivity contribution in [2.24, 2.45) is 0 Å².